The number of nitrogens with zero attached hydrogens (tertiary/aromatic N) is 3. The maximum Gasteiger partial charge on any atom is 0.291 e. The lowest BCUT2D eigenvalue weighted by atomic mass is 9.93. The predicted molar refractivity (Wildman–Crippen MR) is 137 cm³/mol. The average Bonchev–Trinajstić information content (AvgIpc) is 3.06. The van der Waals surface area contributed by atoms with E-state index in [1.807, 2.05) is 54.0 Å². The van der Waals surface area contributed by atoms with Crippen LogP contribution in [-0.2, 0) is 17.9 Å². The van der Waals surface area contributed by atoms with Crippen LogP contribution in [0.15, 0.2) is 42.5 Å². The molecule has 1 aromatic heterocycles. The van der Waals surface area contributed by atoms with Crippen LogP contribution in [0, 0.1) is 0 Å². The van der Waals surface area contributed by atoms with Gasteiger partial charge in [0, 0.05) is 11.6 Å². The molecular formula is C28H34N4O4. The highest BCUT2D eigenvalue weighted by Crippen LogP contribution is 2.36. The fourth-order valence-electron chi connectivity index (χ4n) is 5.59. The monoisotopic (exact) mass is 490 g/mol. The molecule has 1 fully saturated rings. The van der Waals surface area contributed by atoms with Gasteiger partial charge in [0.25, 0.3) is 5.91 Å². The molecule has 8 nitrogen and oxygen atoms in total. The second-order valence-corrected chi connectivity index (χ2v) is 9.99. The number of carbonyl (C=O) groups is 2. The lowest BCUT2D eigenvalue weighted by Crippen LogP contribution is -2.64. The number of benzene rings is 2. The SMILES string of the molecule is COc1cccc(CN2C(=O)c3nc4ccccc4n3CC2(C)C(=O)NC2CCCCCC2)c1OC. The third kappa shape index (κ3) is 4.18. The summed E-state index contributed by atoms with van der Waals surface area (Å²) in [6, 6.07) is 13.4. The van der Waals surface area contributed by atoms with Gasteiger partial charge in [-0.2, -0.15) is 0 Å². The Hall–Kier alpha value is -3.55. The van der Waals surface area contributed by atoms with Gasteiger partial charge in [-0.05, 0) is 38.0 Å². The highest BCUT2D eigenvalue weighted by Gasteiger charge is 2.49. The van der Waals surface area contributed by atoms with Crippen LogP contribution in [-0.4, -0.2) is 52.1 Å². The van der Waals surface area contributed by atoms with E-state index in [4.69, 9.17) is 9.47 Å². The third-order valence-corrected chi connectivity index (χ3v) is 7.65. The third-order valence-electron chi connectivity index (χ3n) is 7.65. The largest absolute Gasteiger partial charge is 0.493 e. The minimum absolute atomic E-state index is 0.126. The van der Waals surface area contributed by atoms with Crippen LogP contribution in [0.25, 0.3) is 11.0 Å². The number of amides is 2. The molecule has 2 aromatic carbocycles. The lowest BCUT2D eigenvalue weighted by molar-refractivity contribution is -0.134. The van der Waals surface area contributed by atoms with Gasteiger partial charge < -0.3 is 24.3 Å². The van der Waals surface area contributed by atoms with Gasteiger partial charge in [-0.25, -0.2) is 4.98 Å². The Morgan fingerprint density at radius 2 is 1.81 bits per heavy atom. The first-order valence-electron chi connectivity index (χ1n) is 12.7. The van der Waals surface area contributed by atoms with Gasteiger partial charge in [-0.15, -0.1) is 0 Å². The van der Waals surface area contributed by atoms with Gasteiger partial charge in [-0.3, -0.25) is 9.59 Å². The summed E-state index contributed by atoms with van der Waals surface area (Å²) in [5.41, 5.74) is 1.25. The molecule has 1 atom stereocenters. The number of methoxy groups -OCH3 is 2. The lowest BCUT2D eigenvalue weighted by Gasteiger charge is -2.44. The van der Waals surface area contributed by atoms with E-state index in [1.54, 1.807) is 19.1 Å². The summed E-state index contributed by atoms with van der Waals surface area (Å²) in [6.45, 7) is 2.37. The van der Waals surface area contributed by atoms with Crippen LogP contribution in [0.2, 0.25) is 0 Å². The smallest absolute Gasteiger partial charge is 0.291 e. The van der Waals surface area contributed by atoms with Crippen molar-refractivity contribution >= 4 is 22.8 Å². The first-order chi connectivity index (χ1) is 17.5. The molecule has 2 aliphatic rings. The molecule has 2 amide bonds. The van der Waals surface area contributed by atoms with E-state index >= 15 is 0 Å². The molecule has 8 heteroatoms. The number of ether oxygens (including phenoxy) is 2. The fraction of sp³-hybridized carbons (Fsp3) is 0.464. The Morgan fingerprint density at radius 1 is 1.06 bits per heavy atom. The predicted octanol–water partition coefficient (Wildman–Crippen LogP) is 4.31. The van der Waals surface area contributed by atoms with Gasteiger partial charge in [0.15, 0.2) is 17.3 Å². The highest BCUT2D eigenvalue weighted by atomic mass is 16.5. The quantitative estimate of drug-likeness (QED) is 0.521. The van der Waals surface area contributed by atoms with Crippen molar-refractivity contribution in [2.45, 2.75) is 70.1 Å². The number of fused-ring (bicyclic) bond motifs is 3. The summed E-state index contributed by atoms with van der Waals surface area (Å²) in [7, 11) is 3.16. The number of aromatic nitrogens is 2. The molecule has 5 rings (SSSR count). The normalized spacial score (nSPS) is 20.6. The van der Waals surface area contributed by atoms with Crippen molar-refractivity contribution in [2.75, 3.05) is 14.2 Å². The molecule has 190 valence electrons. The second kappa shape index (κ2) is 9.84. The van der Waals surface area contributed by atoms with E-state index in [0.717, 1.165) is 42.3 Å². The van der Waals surface area contributed by atoms with Crippen LogP contribution < -0.4 is 14.8 Å². The van der Waals surface area contributed by atoms with Crippen LogP contribution in [0.3, 0.4) is 0 Å². The minimum Gasteiger partial charge on any atom is -0.493 e. The first kappa shape index (κ1) is 24.2. The Labute approximate surface area is 211 Å². The standard InChI is InChI=1S/C28H34N4O4/c1-28(27(34)29-20-12-6-4-5-7-13-20)18-31-22-15-9-8-14-21(22)30-25(31)26(33)32(28)17-19-11-10-16-23(35-2)24(19)36-3/h8-11,14-16,20H,4-7,12-13,17-18H2,1-3H3,(H,29,34). The summed E-state index contributed by atoms with van der Waals surface area (Å²) in [5, 5.41) is 3.31. The van der Waals surface area contributed by atoms with Gasteiger partial charge in [0.2, 0.25) is 5.91 Å². The van der Waals surface area contributed by atoms with E-state index in [0.29, 0.717) is 23.9 Å². The molecule has 36 heavy (non-hydrogen) atoms. The molecule has 0 bridgehead atoms. The number of carbonyl (C=O) groups excluding carboxylic acids is 2. The van der Waals surface area contributed by atoms with Crippen molar-refractivity contribution in [2.24, 2.45) is 0 Å². The molecule has 0 saturated heterocycles. The maximum absolute atomic E-state index is 14.0. The van der Waals surface area contributed by atoms with Gasteiger partial charge in [0.1, 0.15) is 5.54 Å². The first-order valence-corrected chi connectivity index (χ1v) is 12.7. The zero-order chi connectivity index (χ0) is 25.3. The highest BCUT2D eigenvalue weighted by molar-refractivity contribution is 6.01. The Morgan fingerprint density at radius 3 is 2.53 bits per heavy atom. The van der Waals surface area contributed by atoms with E-state index < -0.39 is 5.54 Å². The van der Waals surface area contributed by atoms with Crippen molar-refractivity contribution in [3.05, 3.63) is 53.9 Å². The molecule has 1 aliphatic carbocycles. The summed E-state index contributed by atoms with van der Waals surface area (Å²) >= 11 is 0. The fourth-order valence-corrected chi connectivity index (χ4v) is 5.59. The number of rotatable bonds is 6. The maximum atomic E-state index is 14.0. The summed E-state index contributed by atoms with van der Waals surface area (Å²) in [6.07, 6.45) is 6.57. The van der Waals surface area contributed by atoms with Gasteiger partial charge in [0.05, 0.1) is 38.3 Å². The van der Waals surface area contributed by atoms with Gasteiger partial charge in [-0.1, -0.05) is 49.9 Å². The van der Waals surface area contributed by atoms with E-state index in [9.17, 15) is 9.59 Å². The van der Waals surface area contributed by atoms with Crippen LogP contribution in [0.1, 0.15) is 61.6 Å². The number of para-hydroxylation sites is 3. The number of imidazole rings is 1. The summed E-state index contributed by atoms with van der Waals surface area (Å²) in [5.74, 6) is 1.07. The minimum atomic E-state index is -1.12. The molecule has 1 aliphatic heterocycles. The molecule has 3 aromatic rings. The van der Waals surface area contributed by atoms with E-state index in [2.05, 4.69) is 10.3 Å². The van der Waals surface area contributed by atoms with Crippen molar-refractivity contribution in [3.63, 3.8) is 0 Å². The number of hydrogen-bond acceptors (Lipinski definition) is 5. The van der Waals surface area contributed by atoms with Crippen LogP contribution >= 0.6 is 0 Å². The molecule has 0 spiro atoms. The number of hydrogen-bond donors (Lipinski definition) is 1. The van der Waals surface area contributed by atoms with Crippen molar-refractivity contribution in [1.82, 2.24) is 19.8 Å². The molecular weight excluding hydrogens is 456 g/mol. The zero-order valence-electron chi connectivity index (χ0n) is 21.3. The molecule has 1 unspecified atom stereocenters. The Balaban J connectivity index is 1.56. The Kier molecular flexibility index (Phi) is 6.60. The molecule has 1 N–H and O–H groups in total. The average molecular weight is 491 g/mol. The van der Waals surface area contributed by atoms with Crippen molar-refractivity contribution in [1.29, 1.82) is 0 Å². The second-order valence-electron chi connectivity index (χ2n) is 9.99. The van der Waals surface area contributed by atoms with E-state index in [1.165, 1.54) is 12.8 Å². The van der Waals surface area contributed by atoms with E-state index in [-0.39, 0.29) is 24.4 Å². The van der Waals surface area contributed by atoms with Crippen LogP contribution in [0.4, 0.5) is 0 Å². The van der Waals surface area contributed by atoms with Crippen molar-refractivity contribution in [3.8, 4) is 11.5 Å². The summed E-state index contributed by atoms with van der Waals surface area (Å²) < 4.78 is 13.0. The summed E-state index contributed by atoms with van der Waals surface area (Å²) in [4.78, 5) is 34.3. The molecule has 2 heterocycles. The number of nitrogens with one attached hydrogen (secondary N) is 1. The topological polar surface area (TPSA) is 85.7 Å². The van der Waals surface area contributed by atoms with Gasteiger partial charge >= 0.3 is 0 Å². The zero-order valence-corrected chi connectivity index (χ0v) is 21.3. The van der Waals surface area contributed by atoms with Crippen molar-refractivity contribution < 1.29 is 19.1 Å². The van der Waals surface area contributed by atoms with Crippen LogP contribution in [0.5, 0.6) is 11.5 Å². The molecule has 1 saturated carbocycles. The Bertz CT molecular complexity index is 1280. The molecule has 0 radical (unpaired) electrons.